The molecule has 1 unspecified atom stereocenters. The lowest BCUT2D eigenvalue weighted by atomic mass is 9.96. The zero-order valence-electron chi connectivity index (χ0n) is 15.8. The van der Waals surface area contributed by atoms with Gasteiger partial charge in [-0.3, -0.25) is 9.89 Å². The molecule has 2 saturated heterocycles. The molecule has 3 rings (SSSR count). The van der Waals surface area contributed by atoms with Crippen LogP contribution in [0.3, 0.4) is 0 Å². The van der Waals surface area contributed by atoms with Gasteiger partial charge in [-0.05, 0) is 33.4 Å². The predicted molar refractivity (Wildman–Crippen MR) is 98.6 cm³/mol. The number of guanidine groups is 1. The van der Waals surface area contributed by atoms with E-state index in [9.17, 15) is 0 Å². The highest BCUT2D eigenvalue weighted by Crippen LogP contribution is 2.33. The molecule has 1 aliphatic carbocycles. The van der Waals surface area contributed by atoms with Gasteiger partial charge >= 0.3 is 0 Å². The number of hydrogen-bond acceptors (Lipinski definition) is 4. The Morgan fingerprint density at radius 2 is 1.92 bits per heavy atom. The van der Waals surface area contributed by atoms with E-state index in [2.05, 4.69) is 39.1 Å². The number of nitrogens with one attached hydrogen (secondary N) is 1. The summed E-state index contributed by atoms with van der Waals surface area (Å²) in [6.45, 7) is 7.13. The monoisotopic (exact) mass is 337 g/mol. The van der Waals surface area contributed by atoms with Crippen molar-refractivity contribution in [2.24, 2.45) is 4.99 Å². The molecule has 6 heteroatoms. The Hall–Kier alpha value is -0.850. The molecule has 0 bridgehead atoms. The molecule has 0 radical (unpaired) electrons. The molecule has 6 nitrogen and oxygen atoms in total. The minimum absolute atomic E-state index is 0.305. The van der Waals surface area contributed by atoms with Crippen molar-refractivity contribution in [1.29, 1.82) is 0 Å². The van der Waals surface area contributed by atoms with Crippen LogP contribution in [0.1, 0.15) is 32.1 Å². The van der Waals surface area contributed by atoms with Crippen LogP contribution in [-0.4, -0.2) is 99.3 Å². The summed E-state index contributed by atoms with van der Waals surface area (Å²) in [5.74, 6) is 1.08. The first-order valence-corrected chi connectivity index (χ1v) is 9.59. The summed E-state index contributed by atoms with van der Waals surface area (Å²) >= 11 is 0. The molecule has 3 aliphatic rings. The molecule has 138 valence electrons. The van der Waals surface area contributed by atoms with E-state index in [1.54, 1.807) is 0 Å². The van der Waals surface area contributed by atoms with Crippen LogP contribution in [0.4, 0.5) is 0 Å². The highest BCUT2D eigenvalue weighted by molar-refractivity contribution is 5.80. The minimum Gasteiger partial charge on any atom is -0.379 e. The molecule has 0 spiro atoms. The van der Waals surface area contributed by atoms with Crippen LogP contribution in [0, 0.1) is 0 Å². The van der Waals surface area contributed by atoms with Gasteiger partial charge in [-0.1, -0.05) is 12.8 Å². The number of rotatable bonds is 4. The molecule has 0 amide bonds. The molecule has 2 heterocycles. The van der Waals surface area contributed by atoms with Crippen molar-refractivity contribution in [3.05, 3.63) is 0 Å². The molecule has 24 heavy (non-hydrogen) atoms. The van der Waals surface area contributed by atoms with Crippen molar-refractivity contribution in [3.63, 3.8) is 0 Å². The topological polar surface area (TPSA) is 43.3 Å². The van der Waals surface area contributed by atoms with Gasteiger partial charge in [0, 0.05) is 51.4 Å². The first-order valence-electron chi connectivity index (χ1n) is 9.59. The summed E-state index contributed by atoms with van der Waals surface area (Å²) in [5.41, 5.74) is 0.305. The molecular weight excluding hydrogens is 302 g/mol. The van der Waals surface area contributed by atoms with E-state index in [0.717, 1.165) is 51.9 Å². The number of hydrogen-bond donors (Lipinski definition) is 1. The first kappa shape index (κ1) is 18.0. The Morgan fingerprint density at radius 1 is 1.21 bits per heavy atom. The normalized spacial score (nSPS) is 28.8. The quantitative estimate of drug-likeness (QED) is 0.608. The van der Waals surface area contributed by atoms with E-state index in [0.29, 0.717) is 11.6 Å². The zero-order chi connectivity index (χ0) is 17.0. The highest BCUT2D eigenvalue weighted by atomic mass is 16.5. The van der Waals surface area contributed by atoms with E-state index in [-0.39, 0.29) is 0 Å². The average Bonchev–Trinajstić information content (AvgIpc) is 3.27. The lowest BCUT2D eigenvalue weighted by Gasteiger charge is -2.38. The van der Waals surface area contributed by atoms with E-state index in [1.165, 1.54) is 32.1 Å². The molecule has 1 N–H and O–H groups in total. The van der Waals surface area contributed by atoms with E-state index < -0.39 is 0 Å². The van der Waals surface area contributed by atoms with E-state index >= 15 is 0 Å². The summed E-state index contributed by atoms with van der Waals surface area (Å²) in [6, 6.07) is 0.654. The van der Waals surface area contributed by atoms with Gasteiger partial charge in [0.2, 0.25) is 0 Å². The van der Waals surface area contributed by atoms with Crippen LogP contribution in [-0.2, 0) is 4.74 Å². The SMILES string of the molecule is CN=C(NCC1(N(C)C)CCCC1)N1CCC(N2CCOCC2)C1. The molecule has 3 fully saturated rings. The maximum Gasteiger partial charge on any atom is 0.193 e. The second-order valence-corrected chi connectivity index (χ2v) is 7.76. The van der Waals surface area contributed by atoms with E-state index in [4.69, 9.17) is 4.74 Å². The van der Waals surface area contributed by atoms with Gasteiger partial charge in [-0.25, -0.2) is 0 Å². The number of morpholine rings is 1. The van der Waals surface area contributed by atoms with Gasteiger partial charge in [-0.2, -0.15) is 0 Å². The smallest absolute Gasteiger partial charge is 0.193 e. The molecule has 0 aromatic carbocycles. The summed E-state index contributed by atoms with van der Waals surface area (Å²) in [6.07, 6.45) is 6.52. The molecular formula is C18H35N5O. The third kappa shape index (κ3) is 3.86. The van der Waals surface area contributed by atoms with Crippen LogP contribution < -0.4 is 5.32 Å². The van der Waals surface area contributed by atoms with Crippen molar-refractivity contribution >= 4 is 5.96 Å². The Balaban J connectivity index is 1.53. The summed E-state index contributed by atoms with van der Waals surface area (Å²) in [5, 5.41) is 3.69. The first-order chi connectivity index (χ1) is 11.6. The Morgan fingerprint density at radius 3 is 2.54 bits per heavy atom. The number of ether oxygens (including phenoxy) is 1. The second-order valence-electron chi connectivity index (χ2n) is 7.76. The third-order valence-corrected chi connectivity index (χ3v) is 6.30. The number of likely N-dealkylation sites (N-methyl/N-ethyl adjacent to an activating group) is 1. The molecule has 1 atom stereocenters. The fourth-order valence-electron chi connectivity index (χ4n) is 4.57. The predicted octanol–water partition coefficient (Wildman–Crippen LogP) is 0.843. The number of likely N-dealkylation sites (tertiary alicyclic amines) is 1. The number of nitrogens with zero attached hydrogens (tertiary/aromatic N) is 4. The summed E-state index contributed by atoms with van der Waals surface area (Å²) in [4.78, 5) is 12.0. The van der Waals surface area contributed by atoms with Crippen molar-refractivity contribution in [2.75, 3.05) is 67.1 Å². The highest BCUT2D eigenvalue weighted by Gasteiger charge is 2.37. The van der Waals surface area contributed by atoms with Crippen molar-refractivity contribution in [3.8, 4) is 0 Å². The fraction of sp³-hybridized carbons (Fsp3) is 0.944. The Kier molecular flexibility index (Phi) is 6.00. The summed E-state index contributed by atoms with van der Waals surface area (Å²) in [7, 11) is 6.36. The fourth-order valence-corrected chi connectivity index (χ4v) is 4.57. The van der Waals surface area contributed by atoms with Crippen LogP contribution in [0.15, 0.2) is 4.99 Å². The molecule has 0 aromatic rings. The van der Waals surface area contributed by atoms with Gasteiger partial charge in [0.25, 0.3) is 0 Å². The van der Waals surface area contributed by atoms with Crippen LogP contribution in [0.5, 0.6) is 0 Å². The third-order valence-electron chi connectivity index (χ3n) is 6.30. The summed E-state index contributed by atoms with van der Waals surface area (Å²) < 4.78 is 5.49. The average molecular weight is 338 g/mol. The largest absolute Gasteiger partial charge is 0.379 e. The van der Waals surface area contributed by atoms with Crippen LogP contribution in [0.2, 0.25) is 0 Å². The standard InChI is InChI=1S/C18H35N5O/c1-19-17(20-15-18(21(2)3)7-4-5-8-18)23-9-6-16(14-23)22-10-12-24-13-11-22/h16H,4-15H2,1-3H3,(H,19,20). The maximum atomic E-state index is 5.49. The van der Waals surface area contributed by atoms with Gasteiger partial charge in [0.15, 0.2) is 5.96 Å². The molecule has 0 aromatic heterocycles. The van der Waals surface area contributed by atoms with Gasteiger partial charge < -0.3 is 19.9 Å². The second kappa shape index (κ2) is 8.02. The maximum absolute atomic E-state index is 5.49. The zero-order valence-corrected chi connectivity index (χ0v) is 15.8. The van der Waals surface area contributed by atoms with E-state index in [1.807, 2.05) is 7.05 Å². The van der Waals surface area contributed by atoms with Crippen LogP contribution >= 0.6 is 0 Å². The lowest BCUT2D eigenvalue weighted by molar-refractivity contribution is 0.0194. The minimum atomic E-state index is 0.305. The Bertz CT molecular complexity index is 427. The van der Waals surface area contributed by atoms with Gasteiger partial charge in [0.1, 0.15) is 0 Å². The van der Waals surface area contributed by atoms with Crippen LogP contribution in [0.25, 0.3) is 0 Å². The van der Waals surface area contributed by atoms with Gasteiger partial charge in [0.05, 0.1) is 13.2 Å². The lowest BCUT2D eigenvalue weighted by Crippen LogP contribution is -2.53. The van der Waals surface area contributed by atoms with Crippen molar-refractivity contribution in [2.45, 2.75) is 43.7 Å². The Labute approximate surface area is 147 Å². The van der Waals surface area contributed by atoms with Crippen molar-refractivity contribution in [1.82, 2.24) is 20.0 Å². The van der Waals surface area contributed by atoms with Gasteiger partial charge in [-0.15, -0.1) is 0 Å². The molecule has 1 saturated carbocycles. The van der Waals surface area contributed by atoms with Crippen molar-refractivity contribution < 1.29 is 4.74 Å². The number of aliphatic imine (C=N–C) groups is 1. The molecule has 2 aliphatic heterocycles.